The Morgan fingerprint density at radius 1 is 0.933 bits per heavy atom. The summed E-state index contributed by atoms with van der Waals surface area (Å²) in [6.45, 7) is 4.68. The van der Waals surface area contributed by atoms with Crippen molar-refractivity contribution < 1.29 is 0 Å². The molecule has 6 nitrogen and oxygen atoms in total. The molecule has 0 fully saturated rings. The molecule has 80 valence electrons. The fraction of sp³-hybridized carbons (Fsp3) is 0.556. The van der Waals surface area contributed by atoms with Gasteiger partial charge in [0.1, 0.15) is 6.67 Å². The lowest BCUT2D eigenvalue weighted by Crippen LogP contribution is -2.09. The molecule has 15 heavy (non-hydrogen) atoms. The third-order valence-corrected chi connectivity index (χ3v) is 2.19. The zero-order valence-electron chi connectivity index (χ0n) is 8.96. The van der Waals surface area contributed by atoms with Crippen molar-refractivity contribution in [2.75, 3.05) is 0 Å². The Balaban J connectivity index is 2.07. The summed E-state index contributed by atoms with van der Waals surface area (Å²) in [5, 5.41) is 16.0. The van der Waals surface area contributed by atoms with E-state index in [4.69, 9.17) is 0 Å². The van der Waals surface area contributed by atoms with E-state index in [0.29, 0.717) is 6.67 Å². The van der Waals surface area contributed by atoms with Crippen molar-refractivity contribution in [1.82, 2.24) is 30.0 Å². The van der Waals surface area contributed by atoms with E-state index < -0.39 is 0 Å². The Kier molecular flexibility index (Phi) is 2.75. The standard InChI is InChI=1S/C9H14N6/c1-3-8-5-14(12-10-8)7-15-6-9(4-2)11-13-15/h5-6H,3-4,7H2,1-2H3. The quantitative estimate of drug-likeness (QED) is 0.730. The molecular formula is C9H14N6. The van der Waals surface area contributed by atoms with E-state index in [0.717, 1.165) is 24.2 Å². The molecule has 0 aromatic carbocycles. The highest BCUT2D eigenvalue weighted by Crippen LogP contribution is 1.96. The molecule has 0 saturated carbocycles. The van der Waals surface area contributed by atoms with Crippen molar-refractivity contribution in [3.05, 3.63) is 23.8 Å². The highest BCUT2D eigenvalue weighted by molar-refractivity contribution is 4.92. The monoisotopic (exact) mass is 206 g/mol. The number of hydrogen-bond acceptors (Lipinski definition) is 4. The van der Waals surface area contributed by atoms with Crippen molar-refractivity contribution in [2.45, 2.75) is 33.4 Å². The Bertz CT molecular complexity index is 389. The molecule has 0 aliphatic heterocycles. The zero-order chi connectivity index (χ0) is 10.7. The van der Waals surface area contributed by atoms with Crippen LogP contribution in [0.1, 0.15) is 25.2 Å². The van der Waals surface area contributed by atoms with Gasteiger partial charge in [-0.1, -0.05) is 24.3 Å². The number of aromatic nitrogens is 6. The van der Waals surface area contributed by atoms with Gasteiger partial charge in [-0.3, -0.25) is 0 Å². The first kappa shape index (κ1) is 9.82. The van der Waals surface area contributed by atoms with Gasteiger partial charge in [0.25, 0.3) is 0 Å². The molecule has 0 bridgehead atoms. The second-order valence-electron chi connectivity index (χ2n) is 3.35. The topological polar surface area (TPSA) is 61.4 Å². The van der Waals surface area contributed by atoms with Gasteiger partial charge >= 0.3 is 0 Å². The minimum Gasteiger partial charge on any atom is -0.231 e. The van der Waals surface area contributed by atoms with Gasteiger partial charge in [-0.25, -0.2) is 9.36 Å². The van der Waals surface area contributed by atoms with Gasteiger partial charge < -0.3 is 0 Å². The van der Waals surface area contributed by atoms with Crippen LogP contribution in [0.2, 0.25) is 0 Å². The molecule has 6 heteroatoms. The van der Waals surface area contributed by atoms with E-state index in [-0.39, 0.29) is 0 Å². The number of rotatable bonds is 4. The van der Waals surface area contributed by atoms with Crippen LogP contribution in [0.3, 0.4) is 0 Å². The maximum Gasteiger partial charge on any atom is 0.136 e. The third-order valence-electron chi connectivity index (χ3n) is 2.19. The van der Waals surface area contributed by atoms with Crippen LogP contribution in [-0.4, -0.2) is 30.0 Å². The fourth-order valence-electron chi connectivity index (χ4n) is 1.29. The molecule has 2 aromatic heterocycles. The van der Waals surface area contributed by atoms with Gasteiger partial charge in [0.2, 0.25) is 0 Å². The van der Waals surface area contributed by atoms with Crippen molar-refractivity contribution in [1.29, 1.82) is 0 Å². The summed E-state index contributed by atoms with van der Waals surface area (Å²) in [7, 11) is 0. The molecular weight excluding hydrogens is 192 g/mol. The normalized spacial score (nSPS) is 10.8. The van der Waals surface area contributed by atoms with E-state index in [1.54, 1.807) is 9.36 Å². The molecule has 0 radical (unpaired) electrons. The van der Waals surface area contributed by atoms with Crippen molar-refractivity contribution in [3.63, 3.8) is 0 Å². The predicted molar refractivity (Wildman–Crippen MR) is 54.2 cm³/mol. The van der Waals surface area contributed by atoms with Gasteiger partial charge in [-0.15, -0.1) is 10.2 Å². The van der Waals surface area contributed by atoms with Crippen LogP contribution in [0.5, 0.6) is 0 Å². The lowest BCUT2D eigenvalue weighted by molar-refractivity contribution is 0.478. The molecule has 0 aliphatic carbocycles. The SMILES string of the molecule is CCc1cn(Cn2cc(CC)nn2)nn1. The largest absolute Gasteiger partial charge is 0.231 e. The second-order valence-corrected chi connectivity index (χ2v) is 3.35. The number of aryl methyl sites for hydroxylation is 2. The summed E-state index contributed by atoms with van der Waals surface area (Å²) in [6, 6.07) is 0. The Labute approximate surface area is 87.9 Å². The second kappa shape index (κ2) is 4.20. The van der Waals surface area contributed by atoms with Crippen LogP contribution < -0.4 is 0 Å². The highest BCUT2D eigenvalue weighted by Gasteiger charge is 2.01. The Morgan fingerprint density at radius 2 is 1.40 bits per heavy atom. The average Bonchev–Trinajstić information content (AvgIpc) is 2.87. The number of nitrogens with zero attached hydrogens (tertiary/aromatic N) is 6. The molecule has 2 aromatic rings. The maximum absolute atomic E-state index is 4.01. The molecule has 0 saturated heterocycles. The molecule has 0 unspecified atom stereocenters. The van der Waals surface area contributed by atoms with E-state index in [1.165, 1.54) is 0 Å². The summed E-state index contributed by atoms with van der Waals surface area (Å²) in [4.78, 5) is 0. The van der Waals surface area contributed by atoms with Crippen LogP contribution in [0, 0.1) is 0 Å². The summed E-state index contributed by atoms with van der Waals surface area (Å²) in [5.74, 6) is 0. The number of hydrogen-bond donors (Lipinski definition) is 0. The predicted octanol–water partition coefficient (Wildman–Crippen LogP) is 0.500. The van der Waals surface area contributed by atoms with Crippen LogP contribution in [0.4, 0.5) is 0 Å². The van der Waals surface area contributed by atoms with E-state index in [1.807, 2.05) is 12.4 Å². The van der Waals surface area contributed by atoms with E-state index in [2.05, 4.69) is 34.5 Å². The first-order valence-electron chi connectivity index (χ1n) is 5.09. The Hall–Kier alpha value is -1.72. The molecule has 0 atom stereocenters. The van der Waals surface area contributed by atoms with Crippen molar-refractivity contribution in [2.24, 2.45) is 0 Å². The summed E-state index contributed by atoms with van der Waals surface area (Å²) >= 11 is 0. The van der Waals surface area contributed by atoms with Gasteiger partial charge in [-0.2, -0.15) is 0 Å². The highest BCUT2D eigenvalue weighted by atomic mass is 15.5. The first-order valence-corrected chi connectivity index (χ1v) is 5.09. The summed E-state index contributed by atoms with van der Waals surface area (Å²) in [6.07, 6.45) is 5.65. The average molecular weight is 206 g/mol. The van der Waals surface area contributed by atoms with Crippen molar-refractivity contribution >= 4 is 0 Å². The molecule has 2 rings (SSSR count). The van der Waals surface area contributed by atoms with Crippen molar-refractivity contribution in [3.8, 4) is 0 Å². The van der Waals surface area contributed by atoms with Crippen LogP contribution in [0.25, 0.3) is 0 Å². The van der Waals surface area contributed by atoms with E-state index in [9.17, 15) is 0 Å². The van der Waals surface area contributed by atoms with Gasteiger partial charge in [0.05, 0.1) is 23.8 Å². The van der Waals surface area contributed by atoms with Gasteiger partial charge in [-0.05, 0) is 12.8 Å². The molecule has 0 N–H and O–H groups in total. The molecule has 2 heterocycles. The molecule has 0 amide bonds. The summed E-state index contributed by atoms with van der Waals surface area (Å²) in [5.41, 5.74) is 1.98. The van der Waals surface area contributed by atoms with Crippen LogP contribution in [-0.2, 0) is 19.5 Å². The third kappa shape index (κ3) is 2.20. The lowest BCUT2D eigenvalue weighted by atomic mass is 10.4. The van der Waals surface area contributed by atoms with Gasteiger partial charge in [0, 0.05) is 0 Å². The fourth-order valence-corrected chi connectivity index (χ4v) is 1.29. The summed E-state index contributed by atoms with van der Waals surface area (Å²) < 4.78 is 3.51. The van der Waals surface area contributed by atoms with Gasteiger partial charge in [0.15, 0.2) is 0 Å². The van der Waals surface area contributed by atoms with E-state index >= 15 is 0 Å². The minimum absolute atomic E-state index is 0.569. The Morgan fingerprint density at radius 3 is 1.73 bits per heavy atom. The smallest absolute Gasteiger partial charge is 0.136 e. The maximum atomic E-state index is 4.01. The lowest BCUT2D eigenvalue weighted by Gasteiger charge is -1.97. The van der Waals surface area contributed by atoms with Crippen LogP contribution >= 0.6 is 0 Å². The van der Waals surface area contributed by atoms with Crippen LogP contribution in [0.15, 0.2) is 12.4 Å². The molecule has 0 spiro atoms. The minimum atomic E-state index is 0.569. The zero-order valence-corrected chi connectivity index (χ0v) is 8.96. The molecule has 0 aliphatic rings. The first-order chi connectivity index (χ1) is 7.31.